The zero-order chi connectivity index (χ0) is 27.3. The monoisotopic (exact) mass is 512 g/mol. The highest BCUT2D eigenvalue weighted by molar-refractivity contribution is 5.75. The standard InChI is InChI=1S/C34H40O4/c1-7-33(23-38-33)19-18-25-10-16-30(20-24(25)4)34(8-2,9-3)29-14-11-26(12-15-29)27-13-17-31(36-5)28(21-27)22-32(35)37-6/h10-21H,7-9,22-23H2,1-6H3/b19-18+. The van der Waals surface area contributed by atoms with Gasteiger partial charge in [0.15, 0.2) is 0 Å². The molecule has 1 aliphatic heterocycles. The minimum Gasteiger partial charge on any atom is -0.496 e. The van der Waals surface area contributed by atoms with Crippen molar-refractivity contribution in [2.24, 2.45) is 0 Å². The quantitative estimate of drug-likeness (QED) is 0.195. The second-order valence-electron chi connectivity index (χ2n) is 10.3. The number of rotatable bonds is 11. The molecule has 0 N–H and O–H groups in total. The van der Waals surface area contributed by atoms with Crippen molar-refractivity contribution in [2.75, 3.05) is 20.8 Å². The maximum Gasteiger partial charge on any atom is 0.310 e. The third kappa shape index (κ3) is 5.56. The van der Waals surface area contributed by atoms with Crippen molar-refractivity contribution in [2.45, 2.75) is 64.4 Å². The fraction of sp³-hybridized carbons (Fsp3) is 0.382. The largest absolute Gasteiger partial charge is 0.496 e. The number of carbonyl (C=O) groups is 1. The number of esters is 1. The van der Waals surface area contributed by atoms with Gasteiger partial charge in [0.05, 0.1) is 27.2 Å². The second kappa shape index (κ2) is 11.6. The third-order valence-electron chi connectivity index (χ3n) is 8.32. The van der Waals surface area contributed by atoms with Gasteiger partial charge in [0, 0.05) is 11.0 Å². The van der Waals surface area contributed by atoms with E-state index in [1.165, 1.54) is 29.4 Å². The van der Waals surface area contributed by atoms with Crippen LogP contribution in [0.2, 0.25) is 0 Å². The minimum atomic E-state index is -0.283. The molecule has 200 valence electrons. The van der Waals surface area contributed by atoms with Crippen LogP contribution in [-0.2, 0) is 26.1 Å². The summed E-state index contributed by atoms with van der Waals surface area (Å²) >= 11 is 0. The van der Waals surface area contributed by atoms with Crippen LogP contribution in [0.3, 0.4) is 0 Å². The summed E-state index contributed by atoms with van der Waals surface area (Å²) in [7, 11) is 3.02. The van der Waals surface area contributed by atoms with Crippen molar-refractivity contribution in [1.29, 1.82) is 0 Å². The molecular formula is C34H40O4. The van der Waals surface area contributed by atoms with Gasteiger partial charge in [0.2, 0.25) is 0 Å². The molecule has 0 saturated carbocycles. The summed E-state index contributed by atoms with van der Waals surface area (Å²) < 4.78 is 16.0. The van der Waals surface area contributed by atoms with Gasteiger partial charge >= 0.3 is 5.97 Å². The maximum absolute atomic E-state index is 11.9. The van der Waals surface area contributed by atoms with E-state index in [1.807, 2.05) is 18.2 Å². The van der Waals surface area contributed by atoms with Gasteiger partial charge in [-0.2, -0.15) is 0 Å². The first-order valence-corrected chi connectivity index (χ1v) is 13.6. The fourth-order valence-electron chi connectivity index (χ4n) is 5.45. The van der Waals surface area contributed by atoms with E-state index >= 15 is 0 Å². The van der Waals surface area contributed by atoms with E-state index in [9.17, 15) is 4.79 Å². The Morgan fingerprint density at radius 1 is 0.947 bits per heavy atom. The SMILES string of the molecule is CCC1(/C=C/c2ccc(C(CC)(CC)c3ccc(-c4ccc(OC)c(CC(=O)OC)c4)cc3)cc2C)CO1. The lowest BCUT2D eigenvalue weighted by Crippen LogP contribution is -2.26. The smallest absolute Gasteiger partial charge is 0.310 e. The van der Waals surface area contributed by atoms with E-state index in [4.69, 9.17) is 14.2 Å². The van der Waals surface area contributed by atoms with E-state index in [-0.39, 0.29) is 23.4 Å². The molecule has 1 heterocycles. The zero-order valence-corrected chi connectivity index (χ0v) is 23.6. The molecule has 1 aliphatic rings. The van der Waals surface area contributed by atoms with Crippen molar-refractivity contribution < 1.29 is 19.0 Å². The minimum absolute atomic E-state index is 0.0482. The third-order valence-corrected chi connectivity index (χ3v) is 8.32. The van der Waals surface area contributed by atoms with Crippen LogP contribution in [0, 0.1) is 6.92 Å². The van der Waals surface area contributed by atoms with Crippen LogP contribution in [0.4, 0.5) is 0 Å². The summed E-state index contributed by atoms with van der Waals surface area (Å²) in [6.45, 7) is 9.75. The Morgan fingerprint density at radius 3 is 2.16 bits per heavy atom. The predicted octanol–water partition coefficient (Wildman–Crippen LogP) is 7.68. The van der Waals surface area contributed by atoms with Gasteiger partial charge in [-0.15, -0.1) is 0 Å². The van der Waals surface area contributed by atoms with Crippen molar-refractivity contribution in [3.8, 4) is 16.9 Å². The van der Waals surface area contributed by atoms with Crippen LogP contribution in [0.25, 0.3) is 17.2 Å². The molecule has 4 heteroatoms. The van der Waals surface area contributed by atoms with Gasteiger partial charge in [0.25, 0.3) is 0 Å². The Labute approximate surface area is 227 Å². The van der Waals surface area contributed by atoms with Crippen molar-refractivity contribution >= 4 is 12.0 Å². The molecule has 1 atom stereocenters. The molecule has 0 spiro atoms. The summed E-state index contributed by atoms with van der Waals surface area (Å²) in [5.41, 5.74) is 8.05. The topological polar surface area (TPSA) is 48.1 Å². The van der Waals surface area contributed by atoms with Crippen LogP contribution in [0.1, 0.15) is 67.9 Å². The molecule has 1 saturated heterocycles. The Balaban J connectivity index is 1.63. The lowest BCUT2D eigenvalue weighted by Gasteiger charge is -2.34. The van der Waals surface area contributed by atoms with Crippen molar-refractivity contribution in [3.05, 3.63) is 94.6 Å². The number of carbonyl (C=O) groups excluding carboxylic acids is 1. The van der Waals surface area contributed by atoms with Crippen LogP contribution >= 0.6 is 0 Å². The molecule has 0 bridgehead atoms. The highest BCUT2D eigenvalue weighted by atomic mass is 16.6. The summed E-state index contributed by atoms with van der Waals surface area (Å²) in [6.07, 6.45) is 7.64. The first-order valence-electron chi connectivity index (χ1n) is 13.6. The Morgan fingerprint density at radius 2 is 1.61 bits per heavy atom. The molecule has 38 heavy (non-hydrogen) atoms. The molecular weight excluding hydrogens is 472 g/mol. The van der Waals surface area contributed by atoms with E-state index in [0.717, 1.165) is 42.6 Å². The normalized spacial score (nSPS) is 17.0. The molecule has 0 radical (unpaired) electrons. The Kier molecular flexibility index (Phi) is 8.42. The van der Waals surface area contributed by atoms with Gasteiger partial charge in [-0.05, 0) is 77.8 Å². The molecule has 0 aromatic heterocycles. The Bertz CT molecular complexity index is 1290. The summed E-state index contributed by atoms with van der Waals surface area (Å²) in [6, 6.07) is 21.7. The first-order chi connectivity index (χ1) is 18.3. The summed E-state index contributed by atoms with van der Waals surface area (Å²) in [5.74, 6) is 0.406. The maximum atomic E-state index is 11.9. The number of methoxy groups -OCH3 is 2. The predicted molar refractivity (Wildman–Crippen MR) is 155 cm³/mol. The lowest BCUT2D eigenvalue weighted by molar-refractivity contribution is -0.139. The number of ether oxygens (including phenoxy) is 3. The van der Waals surface area contributed by atoms with Gasteiger partial charge in [-0.1, -0.05) is 75.4 Å². The second-order valence-corrected chi connectivity index (χ2v) is 10.3. The van der Waals surface area contributed by atoms with Crippen molar-refractivity contribution in [1.82, 2.24) is 0 Å². The van der Waals surface area contributed by atoms with Crippen LogP contribution in [0.5, 0.6) is 5.75 Å². The number of benzene rings is 3. The number of epoxide rings is 1. The molecule has 4 nitrogen and oxygen atoms in total. The fourth-order valence-corrected chi connectivity index (χ4v) is 5.45. The molecule has 3 aromatic rings. The highest BCUT2D eigenvalue weighted by Crippen LogP contribution is 2.41. The average Bonchev–Trinajstić information content (AvgIpc) is 3.74. The number of hydrogen-bond donors (Lipinski definition) is 0. The molecule has 3 aromatic carbocycles. The zero-order valence-electron chi connectivity index (χ0n) is 23.6. The van der Waals surface area contributed by atoms with Gasteiger partial charge in [0.1, 0.15) is 11.4 Å². The lowest BCUT2D eigenvalue weighted by atomic mass is 9.70. The molecule has 1 fully saturated rings. The van der Waals surface area contributed by atoms with Gasteiger partial charge in [-0.25, -0.2) is 0 Å². The number of aryl methyl sites for hydroxylation is 1. The highest BCUT2D eigenvalue weighted by Gasteiger charge is 2.39. The molecule has 4 rings (SSSR count). The molecule has 0 aliphatic carbocycles. The van der Waals surface area contributed by atoms with Gasteiger partial charge < -0.3 is 14.2 Å². The van der Waals surface area contributed by atoms with Gasteiger partial charge in [-0.3, -0.25) is 4.79 Å². The Hall–Kier alpha value is -3.37. The van der Waals surface area contributed by atoms with E-state index in [1.54, 1.807) is 7.11 Å². The van der Waals surface area contributed by atoms with Crippen LogP contribution in [-0.4, -0.2) is 32.4 Å². The average molecular weight is 513 g/mol. The summed E-state index contributed by atoms with van der Waals surface area (Å²) in [4.78, 5) is 11.9. The first kappa shape index (κ1) is 27.7. The molecule has 0 amide bonds. The van der Waals surface area contributed by atoms with E-state index in [0.29, 0.717) is 5.75 Å². The van der Waals surface area contributed by atoms with E-state index in [2.05, 4.69) is 82.3 Å². The summed E-state index contributed by atoms with van der Waals surface area (Å²) in [5, 5.41) is 0. The number of hydrogen-bond acceptors (Lipinski definition) is 4. The van der Waals surface area contributed by atoms with Crippen molar-refractivity contribution in [3.63, 3.8) is 0 Å². The van der Waals surface area contributed by atoms with E-state index < -0.39 is 0 Å². The molecule has 1 unspecified atom stereocenters. The van der Waals surface area contributed by atoms with Crippen LogP contribution in [0.15, 0.2) is 66.7 Å². The van der Waals surface area contributed by atoms with Crippen LogP contribution < -0.4 is 4.74 Å².